The van der Waals surface area contributed by atoms with Crippen LogP contribution in [0.4, 0.5) is 15.8 Å². The summed E-state index contributed by atoms with van der Waals surface area (Å²) in [6.45, 7) is 6.87. The number of halogens is 1. The highest BCUT2D eigenvalue weighted by Crippen LogP contribution is 2.36. The molecule has 0 radical (unpaired) electrons. The van der Waals surface area contributed by atoms with Crippen molar-refractivity contribution >= 4 is 28.8 Å². The number of ether oxygens (including phenoxy) is 1. The molecule has 5 rings (SSSR count). The minimum absolute atomic E-state index is 0.189. The van der Waals surface area contributed by atoms with Gasteiger partial charge in [0.2, 0.25) is 0 Å². The first-order valence-corrected chi connectivity index (χ1v) is 11.9. The molecular formula is C25H29FN6O4. The number of rotatable bonds is 6. The first-order valence-electron chi connectivity index (χ1n) is 11.9. The van der Waals surface area contributed by atoms with Crippen molar-refractivity contribution in [2.45, 2.75) is 39.1 Å². The van der Waals surface area contributed by atoms with Crippen molar-refractivity contribution in [2.24, 2.45) is 0 Å². The molecule has 10 nitrogen and oxygen atoms in total. The van der Waals surface area contributed by atoms with Gasteiger partial charge in [0, 0.05) is 37.6 Å². The molecule has 4 heterocycles. The molecule has 1 aromatic carbocycles. The zero-order valence-corrected chi connectivity index (χ0v) is 20.5. The maximum atomic E-state index is 14.6. The number of morpholine rings is 1. The van der Waals surface area contributed by atoms with Crippen molar-refractivity contribution in [1.29, 1.82) is 0 Å². The summed E-state index contributed by atoms with van der Waals surface area (Å²) in [5.74, 6) is -0.672. The second-order valence-corrected chi connectivity index (χ2v) is 9.84. The lowest BCUT2D eigenvalue weighted by molar-refractivity contribution is -0.0159. The van der Waals surface area contributed by atoms with Crippen LogP contribution >= 0.6 is 0 Å². The Balaban J connectivity index is 1.47. The van der Waals surface area contributed by atoms with Gasteiger partial charge in [-0.1, -0.05) is 0 Å². The van der Waals surface area contributed by atoms with E-state index in [1.54, 1.807) is 29.0 Å². The fourth-order valence-electron chi connectivity index (χ4n) is 4.46. The highest BCUT2D eigenvalue weighted by Gasteiger charge is 2.35. The summed E-state index contributed by atoms with van der Waals surface area (Å²) in [7, 11) is 0. The standard InChI is InChI=1S/C25H29FN6O4/c1-15-10-27-22-18(11-28-32(22)12-15)23(33)29-19-8-16-13-31(14-21(26)25(2,3)35)24(34)17(16)9-20(19)30-4-6-36-7-5-30/h8-12,21,35H,4-7,13-14H2,1-3H3,(H,29,33)/t21-/m1/s1. The Morgan fingerprint density at radius 2 is 2.03 bits per heavy atom. The van der Waals surface area contributed by atoms with Crippen molar-refractivity contribution in [3.8, 4) is 0 Å². The maximum absolute atomic E-state index is 14.6. The smallest absolute Gasteiger partial charge is 0.261 e. The summed E-state index contributed by atoms with van der Waals surface area (Å²) >= 11 is 0. The van der Waals surface area contributed by atoms with Gasteiger partial charge in [-0.25, -0.2) is 13.9 Å². The molecule has 0 aliphatic carbocycles. The number of hydrogen-bond acceptors (Lipinski definition) is 7. The molecule has 11 heteroatoms. The second-order valence-electron chi connectivity index (χ2n) is 9.84. The van der Waals surface area contributed by atoms with Crippen LogP contribution in [0.1, 0.15) is 45.7 Å². The number of amides is 2. The lowest BCUT2D eigenvalue weighted by Crippen LogP contribution is -2.42. The van der Waals surface area contributed by atoms with Gasteiger partial charge in [0.1, 0.15) is 11.7 Å². The number of carbonyl (C=O) groups is 2. The summed E-state index contributed by atoms with van der Waals surface area (Å²) in [5, 5.41) is 17.2. The van der Waals surface area contributed by atoms with Crippen LogP contribution in [-0.4, -0.2) is 81.0 Å². The number of aliphatic hydroxyl groups is 1. The molecule has 2 N–H and O–H groups in total. The van der Waals surface area contributed by atoms with Crippen LogP contribution in [-0.2, 0) is 11.3 Å². The summed E-state index contributed by atoms with van der Waals surface area (Å²) in [5.41, 5.74) is 2.50. The van der Waals surface area contributed by atoms with Crippen LogP contribution in [0.2, 0.25) is 0 Å². The molecule has 0 spiro atoms. The molecular weight excluding hydrogens is 467 g/mol. The van der Waals surface area contributed by atoms with E-state index < -0.39 is 11.8 Å². The Hall–Kier alpha value is -3.57. The number of carbonyl (C=O) groups excluding carboxylic acids is 2. The Kier molecular flexibility index (Phi) is 6.13. The van der Waals surface area contributed by atoms with Crippen molar-refractivity contribution in [2.75, 3.05) is 43.1 Å². The lowest BCUT2D eigenvalue weighted by Gasteiger charge is -2.31. The molecule has 2 amide bonds. The second kappa shape index (κ2) is 9.14. The fraction of sp³-hybridized carbons (Fsp3) is 0.440. The number of anilines is 2. The summed E-state index contributed by atoms with van der Waals surface area (Å²) in [6.07, 6.45) is 3.34. The summed E-state index contributed by atoms with van der Waals surface area (Å²) in [4.78, 5) is 34.2. The predicted molar refractivity (Wildman–Crippen MR) is 131 cm³/mol. The molecule has 3 aromatic rings. The summed E-state index contributed by atoms with van der Waals surface area (Å²) < 4.78 is 21.6. The number of fused-ring (bicyclic) bond motifs is 2. The molecule has 0 bridgehead atoms. The van der Waals surface area contributed by atoms with E-state index in [1.165, 1.54) is 24.9 Å². The largest absolute Gasteiger partial charge is 0.387 e. The van der Waals surface area contributed by atoms with E-state index in [-0.39, 0.29) is 24.9 Å². The Bertz CT molecular complexity index is 1330. The number of nitrogens with zero attached hydrogens (tertiary/aromatic N) is 5. The highest BCUT2D eigenvalue weighted by molar-refractivity contribution is 6.10. The van der Waals surface area contributed by atoms with Gasteiger partial charge in [-0.05, 0) is 44.0 Å². The van der Waals surface area contributed by atoms with E-state index in [2.05, 4.69) is 20.3 Å². The number of aromatic nitrogens is 3. The third-order valence-electron chi connectivity index (χ3n) is 6.58. The molecule has 1 saturated heterocycles. The van der Waals surface area contributed by atoms with Gasteiger partial charge in [0.15, 0.2) is 5.65 Å². The molecule has 2 aromatic heterocycles. The average Bonchev–Trinajstić information content (AvgIpc) is 3.39. The van der Waals surface area contributed by atoms with E-state index in [1.807, 2.05) is 6.92 Å². The molecule has 190 valence electrons. The molecule has 2 aliphatic heterocycles. The van der Waals surface area contributed by atoms with Gasteiger partial charge in [0.25, 0.3) is 11.8 Å². The van der Waals surface area contributed by atoms with Crippen molar-refractivity contribution in [3.63, 3.8) is 0 Å². The summed E-state index contributed by atoms with van der Waals surface area (Å²) in [6, 6.07) is 3.53. The monoisotopic (exact) mass is 496 g/mol. The minimum atomic E-state index is -1.60. The van der Waals surface area contributed by atoms with E-state index in [0.29, 0.717) is 60.0 Å². The molecule has 36 heavy (non-hydrogen) atoms. The Morgan fingerprint density at radius 3 is 2.75 bits per heavy atom. The van der Waals surface area contributed by atoms with Gasteiger partial charge in [-0.2, -0.15) is 5.10 Å². The molecule has 1 atom stereocenters. The van der Waals surface area contributed by atoms with Crippen molar-refractivity contribution < 1.29 is 23.8 Å². The number of benzene rings is 1. The van der Waals surface area contributed by atoms with Gasteiger partial charge < -0.3 is 25.0 Å². The zero-order chi connectivity index (χ0) is 25.6. The van der Waals surface area contributed by atoms with E-state index in [4.69, 9.17) is 4.74 Å². The van der Waals surface area contributed by atoms with E-state index in [0.717, 1.165) is 5.56 Å². The first-order chi connectivity index (χ1) is 17.1. The normalized spacial score (nSPS) is 17.0. The van der Waals surface area contributed by atoms with Crippen molar-refractivity contribution in [3.05, 3.63) is 53.0 Å². The van der Waals surface area contributed by atoms with Gasteiger partial charge in [-0.15, -0.1) is 0 Å². The average molecular weight is 497 g/mol. The molecule has 1 fully saturated rings. The number of nitrogens with one attached hydrogen (secondary N) is 1. The van der Waals surface area contributed by atoms with Gasteiger partial charge in [-0.3, -0.25) is 9.59 Å². The Morgan fingerprint density at radius 1 is 1.28 bits per heavy atom. The van der Waals surface area contributed by atoms with Crippen LogP contribution in [0.25, 0.3) is 5.65 Å². The SMILES string of the molecule is Cc1cnc2c(C(=O)Nc3cc4c(cc3N3CCOCC3)C(=O)N(C[C@@H](F)C(C)(C)O)C4)cnn2c1. The van der Waals surface area contributed by atoms with E-state index >= 15 is 0 Å². The Labute approximate surface area is 207 Å². The highest BCUT2D eigenvalue weighted by atomic mass is 19.1. The third-order valence-corrected chi connectivity index (χ3v) is 6.58. The van der Waals surface area contributed by atoms with Gasteiger partial charge >= 0.3 is 0 Å². The van der Waals surface area contributed by atoms with Crippen molar-refractivity contribution in [1.82, 2.24) is 19.5 Å². The number of hydrogen-bond donors (Lipinski definition) is 2. The number of aryl methyl sites for hydroxylation is 1. The topological polar surface area (TPSA) is 112 Å². The first kappa shape index (κ1) is 24.1. The fourth-order valence-corrected chi connectivity index (χ4v) is 4.46. The minimum Gasteiger partial charge on any atom is -0.387 e. The third kappa shape index (κ3) is 4.51. The van der Waals surface area contributed by atoms with Crippen LogP contribution in [0.3, 0.4) is 0 Å². The molecule has 0 unspecified atom stereocenters. The maximum Gasteiger partial charge on any atom is 0.261 e. The quantitative estimate of drug-likeness (QED) is 0.538. The zero-order valence-electron chi connectivity index (χ0n) is 20.5. The van der Waals surface area contributed by atoms with Crippen LogP contribution in [0.15, 0.2) is 30.7 Å². The predicted octanol–water partition coefficient (Wildman–Crippen LogP) is 2.19. The lowest BCUT2D eigenvalue weighted by atomic mass is 10.0. The van der Waals surface area contributed by atoms with E-state index in [9.17, 15) is 19.1 Å². The van der Waals surface area contributed by atoms with Crippen LogP contribution in [0, 0.1) is 6.92 Å². The molecule has 0 saturated carbocycles. The van der Waals surface area contributed by atoms with Crippen LogP contribution < -0.4 is 10.2 Å². The van der Waals surface area contributed by atoms with Gasteiger partial charge in [0.05, 0.1) is 42.9 Å². The molecule has 2 aliphatic rings. The number of alkyl halides is 1. The van der Waals surface area contributed by atoms with Crippen LogP contribution in [0.5, 0.6) is 0 Å².